The molecule has 8 nitrogen and oxygen atoms in total. The van der Waals surface area contributed by atoms with Crippen molar-refractivity contribution in [3.8, 4) is 0 Å². The Morgan fingerprint density at radius 1 is 1.10 bits per heavy atom. The zero-order valence-corrected chi connectivity index (χ0v) is 16.3. The second kappa shape index (κ2) is 8.32. The molecule has 162 valence electrons. The maximum atomic E-state index is 15.0. The lowest BCUT2D eigenvalue weighted by molar-refractivity contribution is -0.140. The number of alkyl halides is 1. The summed E-state index contributed by atoms with van der Waals surface area (Å²) < 4.78 is 42.2. The molecule has 0 radical (unpaired) electrons. The van der Waals surface area contributed by atoms with E-state index in [4.69, 9.17) is 5.73 Å². The van der Waals surface area contributed by atoms with Crippen molar-refractivity contribution in [2.75, 3.05) is 18.0 Å². The number of nitrogens with two attached hydrogens (primary N) is 1. The lowest BCUT2D eigenvalue weighted by Gasteiger charge is -2.36. The first-order valence-corrected chi connectivity index (χ1v) is 9.66. The van der Waals surface area contributed by atoms with Gasteiger partial charge < -0.3 is 10.6 Å². The minimum absolute atomic E-state index is 0.00943. The maximum absolute atomic E-state index is 15.0. The van der Waals surface area contributed by atoms with Crippen molar-refractivity contribution < 1.29 is 22.8 Å². The molecule has 2 amide bonds. The predicted molar refractivity (Wildman–Crippen MR) is 105 cm³/mol. The van der Waals surface area contributed by atoms with E-state index in [1.807, 2.05) is 0 Å². The van der Waals surface area contributed by atoms with Crippen molar-refractivity contribution in [1.29, 1.82) is 0 Å². The van der Waals surface area contributed by atoms with Crippen molar-refractivity contribution in [2.45, 2.75) is 25.1 Å². The number of aromatic nitrogens is 2. The van der Waals surface area contributed by atoms with Crippen LogP contribution in [-0.4, -0.2) is 52.3 Å². The van der Waals surface area contributed by atoms with Crippen LogP contribution in [0.3, 0.4) is 0 Å². The number of halogens is 3. The second-order valence-electron chi connectivity index (χ2n) is 7.42. The van der Waals surface area contributed by atoms with E-state index in [1.54, 1.807) is 4.90 Å². The van der Waals surface area contributed by atoms with Gasteiger partial charge in [-0.05, 0) is 24.1 Å². The number of amides is 2. The first-order valence-electron chi connectivity index (χ1n) is 9.66. The van der Waals surface area contributed by atoms with E-state index in [-0.39, 0.29) is 30.6 Å². The molecule has 3 atom stereocenters. The molecule has 11 heteroatoms. The van der Waals surface area contributed by atoms with Crippen molar-refractivity contribution in [1.82, 2.24) is 15.0 Å². The topological polar surface area (TPSA) is 105 Å². The average Bonchev–Trinajstić information content (AvgIpc) is 3.22. The quantitative estimate of drug-likeness (QED) is 0.796. The van der Waals surface area contributed by atoms with Crippen LogP contribution in [0.2, 0.25) is 0 Å². The van der Waals surface area contributed by atoms with Crippen LogP contribution in [0.1, 0.15) is 34.9 Å². The number of hydrazone groups is 1. The molecule has 0 spiro atoms. The van der Waals surface area contributed by atoms with E-state index in [0.29, 0.717) is 12.4 Å². The molecule has 2 N–H and O–H groups in total. The third-order valence-corrected chi connectivity index (χ3v) is 5.41. The molecular weight excluding hydrogens is 413 g/mol. The molecule has 0 saturated carbocycles. The van der Waals surface area contributed by atoms with Crippen molar-refractivity contribution in [3.63, 3.8) is 0 Å². The van der Waals surface area contributed by atoms with Crippen LogP contribution in [0.25, 0.3) is 0 Å². The fourth-order valence-electron chi connectivity index (χ4n) is 3.89. The highest BCUT2D eigenvalue weighted by Crippen LogP contribution is 2.34. The van der Waals surface area contributed by atoms with Crippen LogP contribution in [0.5, 0.6) is 0 Å². The number of piperidine rings is 1. The van der Waals surface area contributed by atoms with Crippen LogP contribution in [-0.2, 0) is 4.79 Å². The van der Waals surface area contributed by atoms with Gasteiger partial charge >= 0.3 is 0 Å². The molecule has 0 unspecified atom stereocenters. The van der Waals surface area contributed by atoms with E-state index in [2.05, 4.69) is 15.1 Å². The smallest absolute Gasteiger partial charge is 0.267 e. The molecule has 0 bridgehead atoms. The molecule has 2 aliphatic heterocycles. The van der Waals surface area contributed by atoms with Gasteiger partial charge in [-0.3, -0.25) is 9.59 Å². The van der Waals surface area contributed by atoms with E-state index in [0.717, 1.165) is 23.2 Å². The summed E-state index contributed by atoms with van der Waals surface area (Å²) in [5, 5.41) is 5.14. The van der Waals surface area contributed by atoms with E-state index in [9.17, 15) is 18.4 Å². The van der Waals surface area contributed by atoms with Crippen LogP contribution in [0, 0.1) is 17.6 Å². The molecule has 2 aromatic rings. The van der Waals surface area contributed by atoms with Gasteiger partial charge in [0, 0.05) is 31.3 Å². The van der Waals surface area contributed by atoms with Gasteiger partial charge in [0.25, 0.3) is 5.91 Å². The Labute approximate surface area is 175 Å². The van der Waals surface area contributed by atoms with Gasteiger partial charge in [-0.1, -0.05) is 0 Å². The van der Waals surface area contributed by atoms with Crippen LogP contribution in [0.4, 0.5) is 19.0 Å². The average molecular weight is 432 g/mol. The molecule has 2 aliphatic rings. The summed E-state index contributed by atoms with van der Waals surface area (Å²) in [6.45, 7) is 0.186. The maximum Gasteiger partial charge on any atom is 0.267 e. The fourth-order valence-corrected chi connectivity index (χ4v) is 3.89. The zero-order chi connectivity index (χ0) is 22.1. The second-order valence-corrected chi connectivity index (χ2v) is 7.42. The third-order valence-electron chi connectivity index (χ3n) is 5.41. The lowest BCUT2D eigenvalue weighted by Crippen LogP contribution is -2.48. The molecule has 4 rings (SSSR count). The van der Waals surface area contributed by atoms with Crippen molar-refractivity contribution in [3.05, 3.63) is 53.5 Å². The number of carbonyl (C=O) groups excluding carboxylic acids is 2. The van der Waals surface area contributed by atoms with Crippen molar-refractivity contribution >= 4 is 23.8 Å². The molecule has 31 heavy (non-hydrogen) atoms. The first kappa shape index (κ1) is 20.8. The molecule has 1 aromatic carbocycles. The largest absolute Gasteiger partial charge is 0.364 e. The summed E-state index contributed by atoms with van der Waals surface area (Å²) in [5.74, 6) is -3.42. The highest BCUT2D eigenvalue weighted by atomic mass is 19.1. The number of carbonyl (C=O) groups is 2. The molecule has 1 saturated heterocycles. The highest BCUT2D eigenvalue weighted by molar-refractivity contribution is 5.91. The van der Waals surface area contributed by atoms with E-state index < -0.39 is 41.6 Å². The number of primary amides is 1. The van der Waals surface area contributed by atoms with E-state index >= 15 is 4.39 Å². The fraction of sp³-hybridized carbons (Fsp3) is 0.350. The Balaban J connectivity index is 1.48. The lowest BCUT2D eigenvalue weighted by atomic mass is 9.92. The van der Waals surface area contributed by atoms with Gasteiger partial charge in [0.1, 0.15) is 35.6 Å². The Morgan fingerprint density at radius 2 is 1.84 bits per heavy atom. The SMILES string of the molecule is NC(=O)c1cc(N2CC[C@@H](C(=O)N3N=CC[C@H]3c3cc(F)cc(F)c3)[C@@H](F)C2)ncn1. The first-order chi connectivity index (χ1) is 14.8. The van der Waals surface area contributed by atoms with Gasteiger partial charge in [-0.25, -0.2) is 28.1 Å². The minimum atomic E-state index is -1.53. The number of nitrogens with zero attached hydrogens (tertiary/aromatic N) is 5. The summed E-state index contributed by atoms with van der Waals surface area (Å²) in [6.07, 6.45) is 1.56. The van der Waals surface area contributed by atoms with Crippen LogP contribution in [0.15, 0.2) is 35.7 Å². The zero-order valence-electron chi connectivity index (χ0n) is 16.3. The molecular formula is C20H19F3N6O2. The number of benzene rings is 1. The Bertz CT molecular complexity index is 1030. The normalized spacial score (nSPS) is 23.3. The van der Waals surface area contributed by atoms with Gasteiger partial charge in [0.05, 0.1) is 18.5 Å². The predicted octanol–water partition coefficient (Wildman–Crippen LogP) is 1.98. The summed E-state index contributed by atoms with van der Waals surface area (Å²) in [5.41, 5.74) is 5.49. The summed E-state index contributed by atoms with van der Waals surface area (Å²) >= 11 is 0. The van der Waals surface area contributed by atoms with Crippen LogP contribution >= 0.6 is 0 Å². The number of anilines is 1. The minimum Gasteiger partial charge on any atom is -0.364 e. The summed E-state index contributed by atoms with van der Waals surface area (Å²) in [7, 11) is 0. The highest BCUT2D eigenvalue weighted by Gasteiger charge is 2.40. The molecule has 0 aliphatic carbocycles. The standard InChI is InChI=1S/C20H19F3N6O2/c21-12-5-11(6-13(22)7-12)17-1-3-27-29(17)20(31)14-2-4-28(9-15(14)23)18-8-16(19(24)30)25-10-26-18/h3,5-8,10,14-15,17H,1-2,4,9H2,(H2,24,30)/t14-,15+,17+/m1/s1. The van der Waals surface area contributed by atoms with Gasteiger partial charge in [-0.15, -0.1) is 0 Å². The summed E-state index contributed by atoms with van der Waals surface area (Å²) in [4.78, 5) is 33.8. The number of hydrogen-bond donors (Lipinski definition) is 1. The number of hydrogen-bond acceptors (Lipinski definition) is 6. The molecule has 1 aromatic heterocycles. The molecule has 3 heterocycles. The monoisotopic (exact) mass is 432 g/mol. The van der Waals surface area contributed by atoms with Crippen molar-refractivity contribution in [2.24, 2.45) is 16.8 Å². The van der Waals surface area contributed by atoms with Gasteiger partial charge in [0.2, 0.25) is 5.91 Å². The Hall–Kier alpha value is -3.50. The summed E-state index contributed by atoms with van der Waals surface area (Å²) in [6, 6.07) is 3.71. The van der Waals surface area contributed by atoms with Gasteiger partial charge in [0.15, 0.2) is 0 Å². The Morgan fingerprint density at radius 3 is 2.52 bits per heavy atom. The number of rotatable bonds is 4. The van der Waals surface area contributed by atoms with E-state index in [1.165, 1.54) is 18.6 Å². The van der Waals surface area contributed by atoms with Crippen LogP contribution < -0.4 is 10.6 Å². The molecule has 1 fully saturated rings. The third kappa shape index (κ3) is 4.21. The van der Waals surface area contributed by atoms with Gasteiger partial charge in [-0.2, -0.15) is 5.10 Å². The Kier molecular flexibility index (Phi) is 5.57.